The lowest BCUT2D eigenvalue weighted by Gasteiger charge is -2.18. The van der Waals surface area contributed by atoms with Crippen LogP contribution in [0.2, 0.25) is 0 Å². The molecule has 0 radical (unpaired) electrons. The quantitative estimate of drug-likeness (QED) is 0.716. The molecule has 0 amide bonds. The highest BCUT2D eigenvalue weighted by Gasteiger charge is 2.19. The minimum Gasteiger partial charge on any atom is -0.260 e. The Hall–Kier alpha value is -1.70. The van der Waals surface area contributed by atoms with E-state index in [1.165, 1.54) is 0 Å². The molecule has 100 valence electrons. The molecule has 0 aliphatic heterocycles. The van der Waals surface area contributed by atoms with Crippen LogP contribution in [0.3, 0.4) is 0 Å². The van der Waals surface area contributed by atoms with E-state index in [9.17, 15) is 0 Å². The van der Waals surface area contributed by atoms with Crippen molar-refractivity contribution < 1.29 is 8.68 Å². The van der Waals surface area contributed by atoms with Crippen molar-refractivity contribution in [2.75, 3.05) is 0 Å². The Morgan fingerprint density at radius 3 is 2.53 bits per heavy atom. The molecule has 0 spiro atoms. The molecule has 0 fully saturated rings. The number of aryl methyl sites for hydroxylation is 3. The molecule has 2 heteroatoms. The maximum Gasteiger partial charge on any atom is 0.214 e. The van der Waals surface area contributed by atoms with Gasteiger partial charge < -0.3 is 0 Å². The average molecular weight is 258 g/mol. The summed E-state index contributed by atoms with van der Waals surface area (Å²) in [7, 11) is 1.86. The summed E-state index contributed by atoms with van der Waals surface area (Å²) in [6.45, 7) is 6.39. The summed E-state index contributed by atoms with van der Waals surface area (Å²) < 4.78 is 24.3. The van der Waals surface area contributed by atoms with Gasteiger partial charge in [0.1, 0.15) is 7.05 Å². The van der Waals surface area contributed by atoms with Gasteiger partial charge in [-0.15, -0.1) is 0 Å². The zero-order valence-corrected chi connectivity index (χ0v) is 12.3. The molecule has 0 saturated carbocycles. The molecule has 2 nitrogen and oxygen atoms in total. The molecule has 2 aromatic heterocycles. The SMILES string of the molecule is [2H]C([2H])([2H])c1ccc(-c2cnc(C(C)(C)C)cc2C)[n+](C)c1. The highest BCUT2D eigenvalue weighted by molar-refractivity contribution is 5.60. The van der Waals surface area contributed by atoms with Crippen LogP contribution >= 0.6 is 0 Å². The van der Waals surface area contributed by atoms with Crippen LogP contribution in [0, 0.1) is 13.8 Å². The highest BCUT2D eigenvalue weighted by atomic mass is 14.9. The van der Waals surface area contributed by atoms with Gasteiger partial charge in [0.15, 0.2) is 6.20 Å². The van der Waals surface area contributed by atoms with Gasteiger partial charge in [-0.2, -0.15) is 0 Å². The number of aromatic nitrogens is 2. The Morgan fingerprint density at radius 1 is 1.26 bits per heavy atom. The van der Waals surface area contributed by atoms with Crippen molar-refractivity contribution in [2.45, 2.75) is 40.0 Å². The molecule has 0 aliphatic carbocycles. The van der Waals surface area contributed by atoms with Gasteiger partial charge in [0.05, 0.1) is 5.56 Å². The van der Waals surface area contributed by atoms with Crippen LogP contribution in [0.4, 0.5) is 0 Å². The van der Waals surface area contributed by atoms with E-state index in [1.807, 2.05) is 23.9 Å². The van der Waals surface area contributed by atoms with Gasteiger partial charge in [-0.25, -0.2) is 4.57 Å². The predicted octanol–water partition coefficient (Wildman–Crippen LogP) is 3.49. The topological polar surface area (TPSA) is 16.8 Å². The minimum absolute atomic E-state index is 0.0105. The zero-order chi connectivity index (χ0) is 16.7. The van der Waals surface area contributed by atoms with E-state index < -0.39 is 6.85 Å². The van der Waals surface area contributed by atoms with Crippen LogP contribution in [0.15, 0.2) is 30.6 Å². The normalized spacial score (nSPS) is 14.7. The third-order valence-corrected chi connectivity index (χ3v) is 3.29. The van der Waals surface area contributed by atoms with Crippen LogP contribution < -0.4 is 4.57 Å². The predicted molar refractivity (Wildman–Crippen MR) is 79.0 cm³/mol. The monoisotopic (exact) mass is 258 g/mol. The molecular formula is C17H23N2+. The van der Waals surface area contributed by atoms with Crippen molar-refractivity contribution in [1.29, 1.82) is 0 Å². The standard InChI is InChI=1S/C17H23N2/c1-12-7-8-15(19(6)11-12)14-10-18-16(9-13(14)2)17(3,4)5/h7-11H,1-6H3/q+1/i1D3. The van der Waals surface area contributed by atoms with Gasteiger partial charge in [0.2, 0.25) is 5.69 Å². The second-order valence-electron chi connectivity index (χ2n) is 6.05. The molecule has 0 saturated heterocycles. The van der Waals surface area contributed by atoms with Gasteiger partial charge >= 0.3 is 0 Å². The third-order valence-electron chi connectivity index (χ3n) is 3.29. The van der Waals surface area contributed by atoms with Crippen LogP contribution in [0.1, 0.15) is 41.7 Å². The first-order valence-corrected chi connectivity index (χ1v) is 6.48. The first-order chi connectivity index (χ1) is 10.00. The second-order valence-corrected chi connectivity index (χ2v) is 6.05. The summed E-state index contributed by atoms with van der Waals surface area (Å²) in [6.07, 6.45) is 3.54. The minimum atomic E-state index is -2.08. The molecule has 0 aromatic carbocycles. The fourth-order valence-electron chi connectivity index (χ4n) is 2.12. The number of hydrogen-bond acceptors (Lipinski definition) is 1. The smallest absolute Gasteiger partial charge is 0.214 e. The van der Waals surface area contributed by atoms with E-state index >= 15 is 0 Å². The van der Waals surface area contributed by atoms with Crippen molar-refractivity contribution in [2.24, 2.45) is 7.05 Å². The van der Waals surface area contributed by atoms with E-state index in [-0.39, 0.29) is 5.41 Å². The Bertz CT molecular complexity index is 637. The molecule has 0 aliphatic rings. The van der Waals surface area contributed by atoms with E-state index in [4.69, 9.17) is 4.11 Å². The summed E-state index contributed by atoms with van der Waals surface area (Å²) in [5, 5.41) is 0. The molecule has 0 unspecified atom stereocenters. The van der Waals surface area contributed by atoms with Gasteiger partial charge in [0.25, 0.3) is 0 Å². The number of hydrogen-bond donors (Lipinski definition) is 0. The summed E-state index contributed by atoms with van der Waals surface area (Å²) in [6, 6.07) is 5.62. The Morgan fingerprint density at radius 2 is 2.00 bits per heavy atom. The summed E-state index contributed by atoms with van der Waals surface area (Å²) in [4.78, 5) is 4.58. The second kappa shape index (κ2) is 4.76. The summed E-state index contributed by atoms with van der Waals surface area (Å²) in [5.74, 6) is 0. The first-order valence-electron chi connectivity index (χ1n) is 7.98. The van der Waals surface area contributed by atoms with Crippen LogP contribution in [0.5, 0.6) is 0 Å². The van der Waals surface area contributed by atoms with E-state index in [1.54, 1.807) is 12.3 Å². The third kappa shape index (κ3) is 2.83. The number of nitrogens with zero attached hydrogens (tertiary/aromatic N) is 2. The molecule has 0 atom stereocenters. The van der Waals surface area contributed by atoms with Crippen molar-refractivity contribution in [1.82, 2.24) is 4.98 Å². The molecule has 2 rings (SSSR count). The highest BCUT2D eigenvalue weighted by Crippen LogP contribution is 2.25. The molecule has 0 N–H and O–H groups in total. The molecule has 2 heterocycles. The molecular weight excluding hydrogens is 232 g/mol. The van der Waals surface area contributed by atoms with Crippen LogP contribution in [-0.4, -0.2) is 4.98 Å². The van der Waals surface area contributed by atoms with Gasteiger partial charge in [-0.05, 0) is 31.5 Å². The van der Waals surface area contributed by atoms with Gasteiger partial charge in [-0.3, -0.25) is 4.98 Å². The average Bonchev–Trinajstić information content (AvgIpc) is 2.37. The largest absolute Gasteiger partial charge is 0.260 e. The Balaban J connectivity index is 2.49. The number of rotatable bonds is 1. The van der Waals surface area contributed by atoms with E-state index in [0.29, 0.717) is 5.56 Å². The lowest BCUT2D eigenvalue weighted by Crippen LogP contribution is -2.31. The Labute approximate surface area is 120 Å². The lowest BCUT2D eigenvalue weighted by molar-refractivity contribution is -0.660. The number of pyridine rings is 2. The van der Waals surface area contributed by atoms with E-state index in [2.05, 4.69) is 38.7 Å². The van der Waals surface area contributed by atoms with Crippen LogP contribution in [-0.2, 0) is 12.5 Å². The summed E-state index contributed by atoms with van der Waals surface area (Å²) >= 11 is 0. The van der Waals surface area contributed by atoms with Crippen LogP contribution in [0.25, 0.3) is 11.3 Å². The first kappa shape index (κ1) is 10.1. The zero-order valence-electron chi connectivity index (χ0n) is 15.3. The van der Waals surface area contributed by atoms with Gasteiger partial charge in [-0.1, -0.05) is 20.8 Å². The van der Waals surface area contributed by atoms with Crippen molar-refractivity contribution in [3.05, 3.63) is 47.4 Å². The Kier molecular flexibility index (Phi) is 2.54. The van der Waals surface area contributed by atoms with Crippen molar-refractivity contribution in [3.63, 3.8) is 0 Å². The fourth-order valence-corrected chi connectivity index (χ4v) is 2.12. The fraction of sp³-hybridized carbons (Fsp3) is 0.412. The molecule has 0 bridgehead atoms. The van der Waals surface area contributed by atoms with Crippen molar-refractivity contribution in [3.8, 4) is 11.3 Å². The maximum absolute atomic E-state index is 7.49. The molecule has 2 aromatic rings. The van der Waals surface area contributed by atoms with Crippen molar-refractivity contribution >= 4 is 0 Å². The maximum atomic E-state index is 7.49. The van der Waals surface area contributed by atoms with Gasteiger partial charge in [0, 0.05) is 33.0 Å². The van der Waals surface area contributed by atoms with E-state index in [0.717, 1.165) is 22.5 Å². The lowest BCUT2D eigenvalue weighted by atomic mass is 9.90. The molecule has 19 heavy (non-hydrogen) atoms. The summed E-state index contributed by atoms with van der Waals surface area (Å²) in [5.41, 5.74) is 4.52.